The van der Waals surface area contributed by atoms with E-state index in [4.69, 9.17) is 5.11 Å². The van der Waals surface area contributed by atoms with Crippen LogP contribution in [0, 0.1) is 6.92 Å². The van der Waals surface area contributed by atoms with Crippen molar-refractivity contribution in [2.45, 2.75) is 57.8 Å². The third-order valence-corrected chi connectivity index (χ3v) is 4.49. The summed E-state index contributed by atoms with van der Waals surface area (Å²) < 4.78 is 0. The number of hydrogen-bond donors (Lipinski definition) is 2. The fraction of sp³-hybridized carbons (Fsp3) is 0.500. The minimum Gasteiger partial charge on any atom is -0.481 e. The molecular formula is C20H28N4O2. The summed E-state index contributed by atoms with van der Waals surface area (Å²) in [6, 6.07) is 6.04. The fourth-order valence-corrected chi connectivity index (χ4v) is 3.02. The second-order valence-electron chi connectivity index (χ2n) is 6.58. The number of nitrogens with one attached hydrogen (secondary N) is 1. The smallest absolute Gasteiger partial charge is 0.303 e. The van der Waals surface area contributed by atoms with Crippen molar-refractivity contribution in [1.29, 1.82) is 0 Å². The largest absolute Gasteiger partial charge is 0.481 e. The summed E-state index contributed by atoms with van der Waals surface area (Å²) in [6.45, 7) is 1.83. The molecule has 0 aliphatic rings. The molecule has 0 fully saturated rings. The van der Waals surface area contributed by atoms with Crippen molar-refractivity contribution in [2.24, 2.45) is 0 Å². The lowest BCUT2D eigenvalue weighted by molar-refractivity contribution is -0.137. The van der Waals surface area contributed by atoms with Crippen molar-refractivity contribution in [3.8, 4) is 0 Å². The summed E-state index contributed by atoms with van der Waals surface area (Å²) in [5, 5.41) is 12.2. The molecule has 2 rings (SSSR count). The van der Waals surface area contributed by atoms with Gasteiger partial charge in [0.15, 0.2) is 0 Å². The van der Waals surface area contributed by atoms with Crippen molar-refractivity contribution >= 4 is 11.8 Å². The fourth-order valence-electron chi connectivity index (χ4n) is 3.02. The topological polar surface area (TPSA) is 88.0 Å². The first-order valence-electron chi connectivity index (χ1n) is 9.22. The zero-order chi connectivity index (χ0) is 18.8. The van der Waals surface area contributed by atoms with Gasteiger partial charge in [0, 0.05) is 25.1 Å². The number of unbranched alkanes of at least 4 members (excludes halogenated alkanes) is 3. The molecule has 0 saturated carbocycles. The van der Waals surface area contributed by atoms with E-state index in [1.807, 2.05) is 26.1 Å². The van der Waals surface area contributed by atoms with Crippen molar-refractivity contribution in [2.75, 3.05) is 12.4 Å². The Morgan fingerprint density at radius 3 is 2.58 bits per heavy atom. The number of hydrogen-bond acceptors (Lipinski definition) is 5. The van der Waals surface area contributed by atoms with Crippen molar-refractivity contribution in [1.82, 2.24) is 15.0 Å². The van der Waals surface area contributed by atoms with Gasteiger partial charge in [-0.1, -0.05) is 25.3 Å². The summed E-state index contributed by atoms with van der Waals surface area (Å²) >= 11 is 0. The van der Waals surface area contributed by atoms with E-state index in [0.29, 0.717) is 5.82 Å². The Kier molecular flexibility index (Phi) is 7.99. The summed E-state index contributed by atoms with van der Waals surface area (Å²) in [4.78, 5) is 24.1. The van der Waals surface area contributed by atoms with Crippen LogP contribution in [0.15, 0.2) is 30.6 Å². The van der Waals surface area contributed by atoms with E-state index in [1.54, 1.807) is 12.4 Å². The first kappa shape index (κ1) is 19.8. The molecule has 2 aromatic heterocycles. The van der Waals surface area contributed by atoms with Crippen LogP contribution in [0.3, 0.4) is 0 Å². The average molecular weight is 356 g/mol. The molecule has 0 saturated heterocycles. The van der Waals surface area contributed by atoms with Crippen LogP contribution in [0.25, 0.3) is 0 Å². The first-order chi connectivity index (χ1) is 12.6. The Hall–Kier alpha value is -2.50. The maximum atomic E-state index is 11.1. The highest BCUT2D eigenvalue weighted by Crippen LogP contribution is 2.25. The second-order valence-corrected chi connectivity index (χ2v) is 6.58. The predicted octanol–water partition coefficient (Wildman–Crippen LogP) is 3.97. The molecule has 6 nitrogen and oxygen atoms in total. The average Bonchev–Trinajstić information content (AvgIpc) is 2.64. The minimum absolute atomic E-state index is 0.0120. The van der Waals surface area contributed by atoms with E-state index in [2.05, 4.69) is 26.3 Å². The monoisotopic (exact) mass is 356 g/mol. The van der Waals surface area contributed by atoms with Gasteiger partial charge in [0.1, 0.15) is 11.6 Å². The molecule has 0 spiro atoms. The van der Waals surface area contributed by atoms with E-state index in [0.717, 1.165) is 55.6 Å². The van der Waals surface area contributed by atoms with Crippen LogP contribution >= 0.6 is 0 Å². The molecule has 6 heteroatoms. The predicted molar refractivity (Wildman–Crippen MR) is 102 cm³/mol. The zero-order valence-corrected chi connectivity index (χ0v) is 15.6. The van der Waals surface area contributed by atoms with E-state index in [9.17, 15) is 4.79 Å². The van der Waals surface area contributed by atoms with Gasteiger partial charge in [-0.3, -0.25) is 4.79 Å². The lowest BCUT2D eigenvalue weighted by Crippen LogP contribution is -2.08. The number of nitrogens with zero attached hydrogens (tertiary/aromatic N) is 3. The van der Waals surface area contributed by atoms with Gasteiger partial charge in [-0.05, 0) is 49.8 Å². The Morgan fingerprint density at radius 2 is 1.88 bits per heavy atom. The van der Waals surface area contributed by atoms with Gasteiger partial charge in [-0.25, -0.2) is 15.0 Å². The molecule has 0 aliphatic heterocycles. The van der Waals surface area contributed by atoms with Crippen LogP contribution in [0.4, 0.5) is 5.82 Å². The number of rotatable bonds is 11. The van der Waals surface area contributed by atoms with E-state index >= 15 is 0 Å². The van der Waals surface area contributed by atoms with Crippen LogP contribution in [0.1, 0.15) is 61.5 Å². The molecule has 2 aromatic rings. The Labute approximate surface area is 155 Å². The third kappa shape index (κ3) is 6.78. The van der Waals surface area contributed by atoms with Crippen LogP contribution in [0.5, 0.6) is 0 Å². The highest BCUT2D eigenvalue weighted by molar-refractivity contribution is 5.68. The number of aryl methyl sites for hydroxylation is 2. The Morgan fingerprint density at radius 1 is 1.15 bits per heavy atom. The molecule has 1 atom stereocenters. The highest BCUT2D eigenvalue weighted by atomic mass is 16.4. The van der Waals surface area contributed by atoms with Gasteiger partial charge in [0.05, 0.1) is 6.42 Å². The molecule has 0 bridgehead atoms. The zero-order valence-electron chi connectivity index (χ0n) is 15.6. The maximum Gasteiger partial charge on any atom is 0.303 e. The summed E-state index contributed by atoms with van der Waals surface area (Å²) in [5.74, 6) is 0.825. The molecule has 2 heterocycles. The minimum atomic E-state index is -0.772. The summed E-state index contributed by atoms with van der Waals surface area (Å²) in [6.07, 6.45) is 9.80. The van der Waals surface area contributed by atoms with Gasteiger partial charge in [0.25, 0.3) is 0 Å². The molecule has 2 N–H and O–H groups in total. The molecule has 26 heavy (non-hydrogen) atoms. The van der Waals surface area contributed by atoms with Gasteiger partial charge in [0.2, 0.25) is 0 Å². The number of anilines is 1. The molecule has 0 aliphatic carbocycles. The van der Waals surface area contributed by atoms with Crippen molar-refractivity contribution in [3.05, 3.63) is 47.7 Å². The van der Waals surface area contributed by atoms with Crippen LogP contribution in [-0.4, -0.2) is 33.1 Å². The number of aromatic nitrogens is 3. The Balaban J connectivity index is 1.73. The van der Waals surface area contributed by atoms with Gasteiger partial charge in [-0.2, -0.15) is 0 Å². The molecule has 0 unspecified atom stereocenters. The van der Waals surface area contributed by atoms with Gasteiger partial charge >= 0.3 is 5.97 Å². The summed E-state index contributed by atoms with van der Waals surface area (Å²) in [7, 11) is 1.87. The third-order valence-electron chi connectivity index (χ3n) is 4.49. The standard InChI is InChI=1S/C20H28N4O2/c1-15-22-13-17(14-23-15)16(12-20(25)26)8-5-3-4-6-9-18-10-7-11-19(21-2)24-18/h7,10-11,13-14,16H,3-6,8-9,12H2,1-2H3,(H,21,24)(H,25,26)/t16-/m0/s1. The van der Waals surface area contributed by atoms with E-state index in [-0.39, 0.29) is 12.3 Å². The molecule has 0 amide bonds. The Bertz CT molecular complexity index is 688. The number of carboxylic acids is 1. The molecule has 140 valence electrons. The lowest BCUT2D eigenvalue weighted by Gasteiger charge is -2.14. The van der Waals surface area contributed by atoms with Gasteiger partial charge in [-0.15, -0.1) is 0 Å². The number of aliphatic carboxylic acids is 1. The number of carbonyl (C=O) groups is 1. The maximum absolute atomic E-state index is 11.1. The lowest BCUT2D eigenvalue weighted by atomic mass is 9.92. The molecule has 0 radical (unpaired) electrons. The van der Waals surface area contributed by atoms with Crippen molar-refractivity contribution in [3.63, 3.8) is 0 Å². The SMILES string of the molecule is CNc1cccc(CCCCCC[C@@H](CC(=O)O)c2cnc(C)nc2)n1. The quantitative estimate of drug-likeness (QED) is 0.592. The van der Waals surface area contributed by atoms with Crippen LogP contribution < -0.4 is 5.32 Å². The number of carboxylic acid groups (broad SMARTS) is 1. The normalized spacial score (nSPS) is 11.9. The molecule has 0 aromatic carbocycles. The highest BCUT2D eigenvalue weighted by Gasteiger charge is 2.16. The van der Waals surface area contributed by atoms with Crippen molar-refractivity contribution < 1.29 is 9.90 Å². The first-order valence-corrected chi connectivity index (χ1v) is 9.22. The van der Waals surface area contributed by atoms with Crippen LogP contribution in [-0.2, 0) is 11.2 Å². The van der Waals surface area contributed by atoms with Gasteiger partial charge < -0.3 is 10.4 Å². The second kappa shape index (κ2) is 10.5. The van der Waals surface area contributed by atoms with Crippen LogP contribution in [0.2, 0.25) is 0 Å². The summed E-state index contributed by atoms with van der Waals surface area (Å²) in [5.41, 5.74) is 2.03. The van der Waals surface area contributed by atoms with E-state index in [1.165, 1.54) is 0 Å². The van der Waals surface area contributed by atoms with E-state index < -0.39 is 5.97 Å². The number of pyridine rings is 1. The molecular weight excluding hydrogens is 328 g/mol.